The van der Waals surface area contributed by atoms with Crippen LogP contribution in [0.1, 0.15) is 12.5 Å². The second-order valence-corrected chi connectivity index (χ2v) is 4.43. The molecular weight excluding hydrogens is 277 g/mol. The molecule has 15 heavy (non-hydrogen) atoms. The Hall–Kier alpha value is -0.540. The lowest BCUT2D eigenvalue weighted by Crippen LogP contribution is -2.34. The maximum Gasteiger partial charge on any atom is 0.230 e. The van der Waals surface area contributed by atoms with Gasteiger partial charge in [-0.15, -0.1) is 0 Å². The van der Waals surface area contributed by atoms with Gasteiger partial charge >= 0.3 is 0 Å². The summed E-state index contributed by atoms with van der Waals surface area (Å²) >= 11 is 8.89. The van der Waals surface area contributed by atoms with Crippen LogP contribution in [0.2, 0.25) is 5.02 Å². The van der Waals surface area contributed by atoms with Gasteiger partial charge in [-0.1, -0.05) is 39.7 Å². The fraction of sp³-hybridized carbons (Fsp3) is 0.364. The zero-order valence-electron chi connectivity index (χ0n) is 8.47. The van der Waals surface area contributed by atoms with Crippen molar-refractivity contribution >= 4 is 33.4 Å². The van der Waals surface area contributed by atoms with Crippen molar-refractivity contribution in [3.63, 3.8) is 0 Å². The van der Waals surface area contributed by atoms with E-state index in [-0.39, 0.29) is 11.9 Å². The van der Waals surface area contributed by atoms with E-state index >= 15 is 0 Å². The van der Waals surface area contributed by atoms with Crippen molar-refractivity contribution in [2.24, 2.45) is 0 Å². The summed E-state index contributed by atoms with van der Waals surface area (Å²) in [5.74, 6) is 0.0106. The number of nitrogens with one attached hydrogen (secondary N) is 1. The molecule has 1 unspecified atom stereocenters. The highest BCUT2D eigenvalue weighted by Gasteiger charge is 2.06. The first-order valence-corrected chi connectivity index (χ1v) is 6.21. The molecule has 1 N–H and O–H groups in total. The minimum absolute atomic E-state index is 0.0106. The second kappa shape index (κ2) is 6.13. The van der Waals surface area contributed by atoms with Crippen molar-refractivity contribution in [2.75, 3.05) is 5.33 Å². The second-order valence-electron chi connectivity index (χ2n) is 3.43. The Morgan fingerprint density at radius 1 is 1.47 bits per heavy atom. The summed E-state index contributed by atoms with van der Waals surface area (Å²) in [4.78, 5) is 11.1. The normalized spacial score (nSPS) is 12.2. The summed E-state index contributed by atoms with van der Waals surface area (Å²) in [6.45, 7) is 1.98. The summed E-state index contributed by atoms with van der Waals surface area (Å²) in [6, 6.07) is 7.79. The Kier molecular flexibility index (Phi) is 5.12. The average Bonchev–Trinajstić information content (AvgIpc) is 2.21. The Balaban J connectivity index is 2.47. The summed E-state index contributed by atoms with van der Waals surface area (Å²) in [6.07, 6.45) is 0.815. The van der Waals surface area contributed by atoms with Gasteiger partial charge in [0.2, 0.25) is 5.91 Å². The number of benzene rings is 1. The SMILES string of the molecule is CC(Cc1ccc(Cl)cc1)NC(=O)CBr. The Labute approximate surface area is 103 Å². The number of carbonyl (C=O) groups is 1. The Morgan fingerprint density at radius 2 is 2.07 bits per heavy atom. The van der Waals surface area contributed by atoms with Crippen molar-refractivity contribution < 1.29 is 4.79 Å². The summed E-state index contributed by atoms with van der Waals surface area (Å²) in [5.41, 5.74) is 1.17. The van der Waals surface area contributed by atoms with E-state index in [2.05, 4.69) is 21.2 Å². The van der Waals surface area contributed by atoms with Gasteiger partial charge in [0.25, 0.3) is 0 Å². The van der Waals surface area contributed by atoms with E-state index in [1.54, 1.807) is 0 Å². The van der Waals surface area contributed by atoms with Crippen LogP contribution in [-0.2, 0) is 11.2 Å². The van der Waals surface area contributed by atoms with Crippen LogP contribution in [0, 0.1) is 0 Å². The fourth-order valence-electron chi connectivity index (χ4n) is 1.34. The third-order valence-corrected chi connectivity index (χ3v) is 2.75. The lowest BCUT2D eigenvalue weighted by Gasteiger charge is -2.12. The topological polar surface area (TPSA) is 29.1 Å². The molecule has 0 aliphatic carbocycles. The molecule has 0 heterocycles. The Bertz CT molecular complexity index is 326. The van der Waals surface area contributed by atoms with Gasteiger partial charge in [0.05, 0.1) is 5.33 Å². The maximum atomic E-state index is 11.1. The highest BCUT2D eigenvalue weighted by Crippen LogP contribution is 2.10. The van der Waals surface area contributed by atoms with Crippen LogP contribution in [0.4, 0.5) is 0 Å². The van der Waals surface area contributed by atoms with Crippen LogP contribution >= 0.6 is 27.5 Å². The third kappa shape index (κ3) is 4.67. The molecule has 2 nitrogen and oxygen atoms in total. The van der Waals surface area contributed by atoms with Crippen LogP contribution in [0.15, 0.2) is 24.3 Å². The minimum Gasteiger partial charge on any atom is -0.353 e. The molecule has 82 valence electrons. The number of rotatable bonds is 4. The highest BCUT2D eigenvalue weighted by atomic mass is 79.9. The number of halogens is 2. The predicted molar refractivity (Wildman–Crippen MR) is 66.6 cm³/mol. The van der Waals surface area contributed by atoms with E-state index in [9.17, 15) is 4.79 Å². The van der Waals surface area contributed by atoms with Gasteiger partial charge in [-0.25, -0.2) is 0 Å². The molecule has 0 saturated carbocycles. The van der Waals surface area contributed by atoms with Crippen molar-refractivity contribution in [3.8, 4) is 0 Å². The lowest BCUT2D eigenvalue weighted by molar-refractivity contribution is -0.119. The van der Waals surface area contributed by atoms with Crippen molar-refractivity contribution in [1.29, 1.82) is 0 Å². The number of carbonyl (C=O) groups excluding carboxylic acids is 1. The smallest absolute Gasteiger partial charge is 0.230 e. The van der Waals surface area contributed by atoms with Crippen LogP contribution in [0.3, 0.4) is 0 Å². The number of hydrogen-bond donors (Lipinski definition) is 1. The van der Waals surface area contributed by atoms with Gasteiger partial charge in [-0.05, 0) is 31.0 Å². The zero-order chi connectivity index (χ0) is 11.3. The highest BCUT2D eigenvalue weighted by molar-refractivity contribution is 9.09. The van der Waals surface area contributed by atoms with Crippen LogP contribution in [-0.4, -0.2) is 17.3 Å². The summed E-state index contributed by atoms with van der Waals surface area (Å²) < 4.78 is 0. The van der Waals surface area contributed by atoms with Gasteiger partial charge in [0.15, 0.2) is 0 Å². The predicted octanol–water partition coefficient (Wildman–Crippen LogP) is 2.78. The summed E-state index contributed by atoms with van der Waals surface area (Å²) in [5, 5.41) is 3.95. The van der Waals surface area contributed by atoms with E-state index in [4.69, 9.17) is 11.6 Å². The van der Waals surface area contributed by atoms with E-state index in [1.807, 2.05) is 31.2 Å². The van der Waals surface area contributed by atoms with E-state index in [0.717, 1.165) is 11.4 Å². The van der Waals surface area contributed by atoms with Crippen LogP contribution in [0.25, 0.3) is 0 Å². The van der Waals surface area contributed by atoms with E-state index in [0.29, 0.717) is 5.33 Å². The van der Waals surface area contributed by atoms with Crippen molar-refractivity contribution in [1.82, 2.24) is 5.32 Å². The molecule has 1 rings (SSSR count). The first kappa shape index (κ1) is 12.5. The molecule has 0 bridgehead atoms. The molecule has 0 aromatic heterocycles. The van der Waals surface area contributed by atoms with Crippen LogP contribution in [0.5, 0.6) is 0 Å². The number of hydrogen-bond acceptors (Lipinski definition) is 1. The quantitative estimate of drug-likeness (QED) is 0.849. The molecule has 0 fully saturated rings. The molecule has 0 radical (unpaired) electrons. The number of amides is 1. The number of alkyl halides is 1. The van der Waals surface area contributed by atoms with Crippen molar-refractivity contribution in [3.05, 3.63) is 34.9 Å². The fourth-order valence-corrected chi connectivity index (χ4v) is 1.63. The molecule has 0 aliphatic rings. The van der Waals surface area contributed by atoms with Crippen LogP contribution < -0.4 is 5.32 Å². The molecule has 0 saturated heterocycles. The lowest BCUT2D eigenvalue weighted by atomic mass is 10.1. The molecule has 1 amide bonds. The molecule has 0 aliphatic heterocycles. The largest absolute Gasteiger partial charge is 0.353 e. The molecule has 4 heteroatoms. The van der Waals surface area contributed by atoms with Crippen molar-refractivity contribution in [2.45, 2.75) is 19.4 Å². The first-order valence-electron chi connectivity index (χ1n) is 4.71. The van der Waals surface area contributed by atoms with Gasteiger partial charge in [-0.3, -0.25) is 4.79 Å². The maximum absolute atomic E-state index is 11.1. The minimum atomic E-state index is 0.0106. The molecule has 0 spiro atoms. The average molecular weight is 291 g/mol. The Morgan fingerprint density at radius 3 is 2.60 bits per heavy atom. The van der Waals surface area contributed by atoms with E-state index in [1.165, 1.54) is 5.56 Å². The van der Waals surface area contributed by atoms with Gasteiger partial charge in [0, 0.05) is 11.1 Å². The van der Waals surface area contributed by atoms with E-state index < -0.39 is 0 Å². The van der Waals surface area contributed by atoms with Gasteiger partial charge in [-0.2, -0.15) is 0 Å². The van der Waals surface area contributed by atoms with Gasteiger partial charge in [0.1, 0.15) is 0 Å². The zero-order valence-corrected chi connectivity index (χ0v) is 10.8. The first-order chi connectivity index (χ1) is 7.11. The third-order valence-electron chi connectivity index (χ3n) is 1.98. The molecular formula is C11H13BrClNO. The molecule has 1 atom stereocenters. The molecule has 1 aromatic rings. The van der Waals surface area contributed by atoms with Gasteiger partial charge < -0.3 is 5.32 Å². The standard InChI is InChI=1S/C11H13BrClNO/c1-8(14-11(15)7-12)6-9-2-4-10(13)5-3-9/h2-5,8H,6-7H2,1H3,(H,14,15). The summed E-state index contributed by atoms with van der Waals surface area (Å²) in [7, 11) is 0. The molecule has 1 aromatic carbocycles. The monoisotopic (exact) mass is 289 g/mol.